The number of anilines is 1. The zero-order valence-corrected chi connectivity index (χ0v) is 15.9. The third kappa shape index (κ3) is 4.23. The molecule has 3 amide bonds. The van der Waals surface area contributed by atoms with Gasteiger partial charge in [-0.25, -0.2) is 0 Å². The molecule has 1 aromatic rings. The SMILES string of the molecule is CC(=O)N1C[C@@H]2CN(C(=O)C(=O)Nc3cn(CC(F)(F)F)nc3C3CC3)C[C@@H]2C1. The van der Waals surface area contributed by atoms with Gasteiger partial charge in [0, 0.05) is 57.1 Å². The number of nitrogens with zero attached hydrogens (tertiary/aromatic N) is 4. The van der Waals surface area contributed by atoms with Crippen LogP contribution in [0.15, 0.2) is 6.20 Å². The van der Waals surface area contributed by atoms with Gasteiger partial charge in [-0.2, -0.15) is 18.3 Å². The molecule has 0 unspecified atom stereocenters. The number of carbonyl (C=O) groups excluding carboxylic acids is 3. The van der Waals surface area contributed by atoms with Crippen molar-refractivity contribution in [3.63, 3.8) is 0 Å². The van der Waals surface area contributed by atoms with Crippen LogP contribution in [0.5, 0.6) is 0 Å². The van der Waals surface area contributed by atoms with E-state index in [0.29, 0.717) is 31.9 Å². The summed E-state index contributed by atoms with van der Waals surface area (Å²) in [5, 5.41) is 6.42. The Labute approximate surface area is 165 Å². The van der Waals surface area contributed by atoms with Gasteiger partial charge in [0.05, 0.1) is 11.4 Å². The van der Waals surface area contributed by atoms with Crippen LogP contribution in [0.2, 0.25) is 0 Å². The number of halogens is 3. The number of hydrogen-bond acceptors (Lipinski definition) is 4. The first-order valence-corrected chi connectivity index (χ1v) is 9.60. The van der Waals surface area contributed by atoms with Gasteiger partial charge in [0.25, 0.3) is 0 Å². The van der Waals surface area contributed by atoms with Crippen LogP contribution in [0.25, 0.3) is 0 Å². The van der Waals surface area contributed by atoms with E-state index in [0.717, 1.165) is 23.7 Å². The third-order valence-electron chi connectivity index (χ3n) is 5.76. The van der Waals surface area contributed by atoms with Crippen molar-refractivity contribution in [2.75, 3.05) is 31.5 Å². The number of alkyl halides is 3. The van der Waals surface area contributed by atoms with Crippen molar-refractivity contribution in [3.8, 4) is 0 Å². The van der Waals surface area contributed by atoms with Gasteiger partial charge in [-0.3, -0.25) is 19.1 Å². The van der Waals surface area contributed by atoms with E-state index in [4.69, 9.17) is 0 Å². The number of aromatic nitrogens is 2. The molecule has 2 saturated heterocycles. The number of hydrogen-bond donors (Lipinski definition) is 1. The van der Waals surface area contributed by atoms with E-state index in [1.54, 1.807) is 4.90 Å². The molecule has 2 atom stereocenters. The van der Waals surface area contributed by atoms with Crippen LogP contribution in [0, 0.1) is 11.8 Å². The number of fused-ring (bicyclic) bond motifs is 1. The van der Waals surface area contributed by atoms with Gasteiger partial charge in [0.1, 0.15) is 6.54 Å². The molecule has 1 saturated carbocycles. The molecule has 3 aliphatic rings. The first-order valence-electron chi connectivity index (χ1n) is 9.60. The maximum atomic E-state index is 12.7. The minimum atomic E-state index is -4.43. The Morgan fingerprint density at radius 1 is 1.10 bits per heavy atom. The second kappa shape index (κ2) is 7.03. The second-order valence-electron chi connectivity index (χ2n) is 8.12. The molecule has 0 radical (unpaired) electrons. The molecular formula is C18H22F3N5O3. The van der Waals surface area contributed by atoms with E-state index < -0.39 is 24.5 Å². The molecule has 2 aliphatic heterocycles. The lowest BCUT2D eigenvalue weighted by molar-refractivity contribution is -0.143. The Bertz CT molecular complexity index is 834. The molecule has 3 heterocycles. The molecular weight excluding hydrogens is 391 g/mol. The molecule has 29 heavy (non-hydrogen) atoms. The van der Waals surface area contributed by atoms with Crippen LogP contribution < -0.4 is 5.32 Å². The van der Waals surface area contributed by atoms with Crippen LogP contribution in [0.3, 0.4) is 0 Å². The molecule has 3 fully saturated rings. The van der Waals surface area contributed by atoms with E-state index in [1.807, 2.05) is 0 Å². The Morgan fingerprint density at radius 2 is 1.69 bits per heavy atom. The van der Waals surface area contributed by atoms with E-state index in [-0.39, 0.29) is 29.3 Å². The molecule has 0 aromatic carbocycles. The standard InChI is InChI=1S/C18H22F3N5O3/c1-10(27)24-4-12-6-25(7-13(12)5-24)17(29)16(28)22-14-8-26(9-18(19,20)21)23-15(14)11-2-3-11/h8,11-13H,2-7,9H2,1H3,(H,22,28)/t12-,13+. The maximum Gasteiger partial charge on any atom is 0.408 e. The lowest BCUT2D eigenvalue weighted by atomic mass is 10.0. The number of carbonyl (C=O) groups is 3. The van der Waals surface area contributed by atoms with E-state index in [9.17, 15) is 27.6 Å². The average Bonchev–Trinajstić information content (AvgIpc) is 3.07. The van der Waals surface area contributed by atoms with Crippen LogP contribution >= 0.6 is 0 Å². The Balaban J connectivity index is 1.40. The number of nitrogens with one attached hydrogen (secondary N) is 1. The summed E-state index contributed by atoms with van der Waals surface area (Å²) in [6.07, 6.45) is -1.70. The van der Waals surface area contributed by atoms with E-state index in [1.165, 1.54) is 11.8 Å². The summed E-state index contributed by atoms with van der Waals surface area (Å²) in [6, 6.07) is 0. The lowest BCUT2D eigenvalue weighted by Gasteiger charge is -2.20. The van der Waals surface area contributed by atoms with Crippen LogP contribution in [0.4, 0.5) is 18.9 Å². The van der Waals surface area contributed by atoms with Gasteiger partial charge in [0.15, 0.2) is 0 Å². The minimum Gasteiger partial charge on any atom is -0.342 e. The Morgan fingerprint density at radius 3 is 2.21 bits per heavy atom. The summed E-state index contributed by atoms with van der Waals surface area (Å²) in [5.41, 5.74) is 0.558. The normalized spacial score (nSPS) is 24.0. The highest BCUT2D eigenvalue weighted by Gasteiger charge is 2.43. The summed E-state index contributed by atoms with van der Waals surface area (Å²) in [6.45, 7) is 2.18. The maximum absolute atomic E-state index is 12.7. The van der Waals surface area contributed by atoms with Crippen LogP contribution in [-0.4, -0.2) is 69.7 Å². The van der Waals surface area contributed by atoms with Crippen molar-refractivity contribution >= 4 is 23.4 Å². The average molecular weight is 413 g/mol. The minimum absolute atomic E-state index is 0.00139. The fourth-order valence-electron chi connectivity index (χ4n) is 4.19. The van der Waals surface area contributed by atoms with Crippen LogP contribution in [0.1, 0.15) is 31.4 Å². The van der Waals surface area contributed by atoms with Crippen molar-refractivity contribution in [2.24, 2.45) is 11.8 Å². The van der Waals surface area contributed by atoms with Crippen molar-refractivity contribution in [2.45, 2.75) is 38.4 Å². The molecule has 0 bridgehead atoms. The molecule has 1 N–H and O–H groups in total. The molecule has 1 aliphatic carbocycles. The Kier molecular flexibility index (Phi) is 4.78. The smallest absolute Gasteiger partial charge is 0.342 e. The van der Waals surface area contributed by atoms with Crippen LogP contribution in [-0.2, 0) is 20.9 Å². The van der Waals surface area contributed by atoms with Crippen molar-refractivity contribution in [1.29, 1.82) is 0 Å². The largest absolute Gasteiger partial charge is 0.408 e. The van der Waals surface area contributed by atoms with Gasteiger partial charge < -0.3 is 15.1 Å². The highest BCUT2D eigenvalue weighted by atomic mass is 19.4. The highest BCUT2D eigenvalue weighted by Crippen LogP contribution is 2.42. The monoisotopic (exact) mass is 413 g/mol. The Hall–Kier alpha value is -2.59. The number of amides is 3. The first kappa shape index (κ1) is 19.7. The molecule has 0 spiro atoms. The van der Waals surface area contributed by atoms with Gasteiger partial charge in [-0.15, -0.1) is 0 Å². The van der Waals surface area contributed by atoms with Crippen molar-refractivity contribution in [1.82, 2.24) is 19.6 Å². The van der Waals surface area contributed by atoms with Gasteiger partial charge in [-0.1, -0.05) is 0 Å². The van der Waals surface area contributed by atoms with E-state index >= 15 is 0 Å². The third-order valence-corrected chi connectivity index (χ3v) is 5.76. The first-order chi connectivity index (χ1) is 13.6. The molecule has 4 rings (SSSR count). The summed E-state index contributed by atoms with van der Waals surface area (Å²) < 4.78 is 38.7. The number of likely N-dealkylation sites (tertiary alicyclic amines) is 2. The van der Waals surface area contributed by atoms with Gasteiger partial charge in [-0.05, 0) is 12.8 Å². The lowest BCUT2D eigenvalue weighted by Crippen LogP contribution is -2.40. The predicted octanol–water partition coefficient (Wildman–Crippen LogP) is 1.20. The predicted molar refractivity (Wildman–Crippen MR) is 94.7 cm³/mol. The quantitative estimate of drug-likeness (QED) is 0.755. The van der Waals surface area contributed by atoms with Gasteiger partial charge in [0.2, 0.25) is 5.91 Å². The highest BCUT2D eigenvalue weighted by molar-refractivity contribution is 6.39. The molecule has 8 nitrogen and oxygen atoms in total. The van der Waals surface area contributed by atoms with Crippen molar-refractivity contribution < 1.29 is 27.6 Å². The zero-order valence-electron chi connectivity index (χ0n) is 15.9. The second-order valence-corrected chi connectivity index (χ2v) is 8.12. The molecule has 11 heteroatoms. The molecule has 1 aromatic heterocycles. The summed E-state index contributed by atoms with van der Waals surface area (Å²) in [7, 11) is 0. The fourth-order valence-corrected chi connectivity index (χ4v) is 4.19. The topological polar surface area (TPSA) is 87.5 Å². The summed E-state index contributed by atoms with van der Waals surface area (Å²) in [5.74, 6) is -1.28. The number of rotatable bonds is 3. The fraction of sp³-hybridized carbons (Fsp3) is 0.667. The van der Waals surface area contributed by atoms with Crippen molar-refractivity contribution in [3.05, 3.63) is 11.9 Å². The zero-order chi connectivity index (χ0) is 20.9. The molecule has 158 valence electrons. The van der Waals surface area contributed by atoms with E-state index in [2.05, 4.69) is 10.4 Å². The summed E-state index contributed by atoms with van der Waals surface area (Å²) in [4.78, 5) is 39.7. The summed E-state index contributed by atoms with van der Waals surface area (Å²) >= 11 is 0. The van der Waals surface area contributed by atoms with Gasteiger partial charge >= 0.3 is 18.0 Å².